The standard InChI is InChI=1S/C32H29BN2O2/c1-30(2)31(3,4)37-33(36-30)20-17-18-28-26(19-20)34-29-32(25-15-9-10-16-27(25)35(28)29)23-13-7-5-11-21(23)22-12-6-8-14-24(22)32/h5-7,9-13,15-19H,8,14H2,1-4H3. The fraction of sp³-hybridized carbons (Fsp3) is 0.281. The zero-order valence-corrected chi connectivity index (χ0v) is 21.7. The number of aromatic nitrogens is 2. The monoisotopic (exact) mass is 484 g/mol. The summed E-state index contributed by atoms with van der Waals surface area (Å²) >= 11 is 0. The second kappa shape index (κ2) is 6.92. The zero-order chi connectivity index (χ0) is 25.2. The van der Waals surface area contributed by atoms with Gasteiger partial charge in [0.15, 0.2) is 0 Å². The topological polar surface area (TPSA) is 36.3 Å². The van der Waals surface area contributed by atoms with Crippen LogP contribution in [0.4, 0.5) is 0 Å². The third kappa shape index (κ3) is 2.54. The van der Waals surface area contributed by atoms with E-state index in [1.807, 2.05) is 0 Å². The van der Waals surface area contributed by atoms with Gasteiger partial charge in [-0.3, -0.25) is 4.57 Å². The molecule has 1 unspecified atom stereocenters. The molecule has 1 saturated heterocycles. The molecule has 4 aromatic rings. The quantitative estimate of drug-likeness (QED) is 0.307. The summed E-state index contributed by atoms with van der Waals surface area (Å²) in [4.78, 5) is 5.43. The molecule has 2 aliphatic carbocycles. The smallest absolute Gasteiger partial charge is 0.399 e. The van der Waals surface area contributed by atoms with Crippen LogP contribution >= 0.6 is 0 Å². The Bertz CT molecular complexity index is 1690. The van der Waals surface area contributed by atoms with Gasteiger partial charge in [-0.25, -0.2) is 4.98 Å². The van der Waals surface area contributed by atoms with Gasteiger partial charge in [-0.2, -0.15) is 0 Å². The summed E-state index contributed by atoms with van der Waals surface area (Å²) in [5.74, 6) is 1.10. The Balaban J connectivity index is 1.39. The number of allylic oxidation sites excluding steroid dienone is 4. The summed E-state index contributed by atoms with van der Waals surface area (Å²) in [5, 5.41) is 0. The van der Waals surface area contributed by atoms with Crippen LogP contribution in [0.2, 0.25) is 0 Å². The molecule has 0 radical (unpaired) electrons. The summed E-state index contributed by atoms with van der Waals surface area (Å²) in [5.41, 5.74) is 10.1. The van der Waals surface area contributed by atoms with E-state index in [0.29, 0.717) is 0 Å². The molecule has 1 aromatic heterocycles. The summed E-state index contributed by atoms with van der Waals surface area (Å²) in [6.45, 7) is 8.38. The molecule has 5 heteroatoms. The molecule has 1 atom stereocenters. The van der Waals surface area contributed by atoms with E-state index < -0.39 is 7.12 Å². The molecule has 0 saturated carbocycles. The van der Waals surface area contributed by atoms with Crippen molar-refractivity contribution in [2.75, 3.05) is 0 Å². The molecule has 2 aliphatic heterocycles. The van der Waals surface area contributed by atoms with Crippen molar-refractivity contribution in [1.82, 2.24) is 9.55 Å². The van der Waals surface area contributed by atoms with E-state index in [9.17, 15) is 0 Å². The SMILES string of the molecule is CC1(C)OB(c2ccc3c(c2)nc2n3-c3ccccc3C23C2=C(C=CCC2)c2ccccc23)OC1(C)C. The highest BCUT2D eigenvalue weighted by Gasteiger charge is 2.55. The van der Waals surface area contributed by atoms with E-state index in [4.69, 9.17) is 14.3 Å². The Morgan fingerprint density at radius 2 is 1.59 bits per heavy atom. The summed E-state index contributed by atoms with van der Waals surface area (Å²) in [7, 11) is -0.405. The van der Waals surface area contributed by atoms with Crippen molar-refractivity contribution in [1.29, 1.82) is 0 Å². The van der Waals surface area contributed by atoms with Crippen LogP contribution in [0, 0.1) is 0 Å². The zero-order valence-electron chi connectivity index (χ0n) is 21.7. The van der Waals surface area contributed by atoms with Gasteiger partial charge in [-0.05, 0) is 92.0 Å². The molecular weight excluding hydrogens is 455 g/mol. The number of para-hydroxylation sites is 1. The number of fused-ring (bicyclic) bond motifs is 11. The van der Waals surface area contributed by atoms with Crippen molar-refractivity contribution in [3.8, 4) is 5.69 Å². The molecule has 0 N–H and O–H groups in total. The van der Waals surface area contributed by atoms with Gasteiger partial charge in [0.05, 0.1) is 27.9 Å². The molecular formula is C32H29BN2O2. The Morgan fingerprint density at radius 1 is 0.865 bits per heavy atom. The maximum Gasteiger partial charge on any atom is 0.494 e. The molecule has 182 valence electrons. The summed E-state index contributed by atoms with van der Waals surface area (Å²) in [6.07, 6.45) is 6.74. The van der Waals surface area contributed by atoms with E-state index in [2.05, 4.69) is 111 Å². The van der Waals surface area contributed by atoms with Crippen LogP contribution in [0.1, 0.15) is 63.1 Å². The minimum atomic E-state index is -0.405. The number of nitrogens with zero attached hydrogens (tertiary/aromatic N) is 2. The first kappa shape index (κ1) is 21.7. The van der Waals surface area contributed by atoms with Crippen molar-refractivity contribution in [2.45, 2.75) is 57.2 Å². The van der Waals surface area contributed by atoms with Gasteiger partial charge in [-0.15, -0.1) is 0 Å². The lowest BCUT2D eigenvalue weighted by Gasteiger charge is -2.32. The van der Waals surface area contributed by atoms with Crippen LogP contribution in [-0.2, 0) is 14.7 Å². The van der Waals surface area contributed by atoms with Crippen molar-refractivity contribution >= 4 is 29.2 Å². The number of hydrogen-bond donors (Lipinski definition) is 0. The van der Waals surface area contributed by atoms with E-state index in [1.54, 1.807) is 0 Å². The average molecular weight is 484 g/mol. The number of benzene rings is 3. The van der Waals surface area contributed by atoms with Crippen LogP contribution in [0.3, 0.4) is 0 Å². The van der Waals surface area contributed by atoms with Gasteiger partial charge in [0.1, 0.15) is 11.2 Å². The van der Waals surface area contributed by atoms with Gasteiger partial charge in [0.25, 0.3) is 0 Å². The maximum atomic E-state index is 6.37. The first-order valence-electron chi connectivity index (χ1n) is 13.3. The fourth-order valence-electron chi connectivity index (χ4n) is 6.90. The lowest BCUT2D eigenvalue weighted by Crippen LogP contribution is -2.41. The van der Waals surface area contributed by atoms with E-state index in [1.165, 1.54) is 33.5 Å². The van der Waals surface area contributed by atoms with Gasteiger partial charge in [0.2, 0.25) is 0 Å². The Labute approximate surface area is 217 Å². The molecule has 1 spiro atoms. The molecule has 0 amide bonds. The van der Waals surface area contributed by atoms with Crippen LogP contribution < -0.4 is 5.46 Å². The molecule has 4 aliphatic rings. The third-order valence-corrected chi connectivity index (χ3v) is 9.33. The summed E-state index contributed by atoms with van der Waals surface area (Å²) < 4.78 is 15.1. The second-order valence-corrected chi connectivity index (χ2v) is 11.8. The van der Waals surface area contributed by atoms with Gasteiger partial charge in [0, 0.05) is 0 Å². The number of hydrogen-bond acceptors (Lipinski definition) is 3. The Morgan fingerprint density at radius 3 is 2.41 bits per heavy atom. The van der Waals surface area contributed by atoms with Crippen molar-refractivity contribution < 1.29 is 9.31 Å². The molecule has 3 aromatic carbocycles. The summed E-state index contributed by atoms with van der Waals surface area (Å²) in [6, 6.07) is 24.3. The predicted octanol–water partition coefficient (Wildman–Crippen LogP) is 6.09. The number of rotatable bonds is 1. The van der Waals surface area contributed by atoms with Crippen LogP contribution in [0.15, 0.2) is 84.5 Å². The second-order valence-electron chi connectivity index (χ2n) is 11.8. The van der Waals surface area contributed by atoms with E-state index in [0.717, 1.165) is 35.2 Å². The van der Waals surface area contributed by atoms with Crippen molar-refractivity contribution in [2.24, 2.45) is 0 Å². The largest absolute Gasteiger partial charge is 0.494 e. The van der Waals surface area contributed by atoms with Gasteiger partial charge < -0.3 is 9.31 Å². The predicted molar refractivity (Wildman–Crippen MR) is 148 cm³/mol. The molecule has 3 heterocycles. The highest BCUT2D eigenvalue weighted by Crippen LogP contribution is 2.61. The first-order chi connectivity index (χ1) is 17.8. The minimum absolute atomic E-state index is 0.364. The van der Waals surface area contributed by atoms with Crippen LogP contribution in [-0.4, -0.2) is 27.9 Å². The highest BCUT2D eigenvalue weighted by atomic mass is 16.7. The molecule has 0 bridgehead atoms. The minimum Gasteiger partial charge on any atom is -0.399 e. The van der Waals surface area contributed by atoms with Gasteiger partial charge >= 0.3 is 7.12 Å². The lowest BCUT2D eigenvalue weighted by molar-refractivity contribution is 0.00578. The highest BCUT2D eigenvalue weighted by molar-refractivity contribution is 6.62. The van der Waals surface area contributed by atoms with Crippen LogP contribution in [0.5, 0.6) is 0 Å². The molecule has 8 rings (SSSR count). The fourth-order valence-corrected chi connectivity index (χ4v) is 6.90. The number of imidazole rings is 1. The molecule has 4 nitrogen and oxygen atoms in total. The average Bonchev–Trinajstić information content (AvgIpc) is 3.56. The van der Waals surface area contributed by atoms with Crippen LogP contribution in [0.25, 0.3) is 22.3 Å². The lowest BCUT2D eigenvalue weighted by atomic mass is 9.70. The molecule has 37 heavy (non-hydrogen) atoms. The van der Waals surface area contributed by atoms with E-state index >= 15 is 0 Å². The maximum absolute atomic E-state index is 6.37. The third-order valence-electron chi connectivity index (χ3n) is 9.33. The van der Waals surface area contributed by atoms with E-state index in [-0.39, 0.29) is 16.6 Å². The normalized spacial score (nSPS) is 24.1. The van der Waals surface area contributed by atoms with Gasteiger partial charge in [-0.1, -0.05) is 60.7 Å². The Hall–Kier alpha value is -3.41. The van der Waals surface area contributed by atoms with Crippen molar-refractivity contribution in [3.05, 3.63) is 107 Å². The first-order valence-corrected chi connectivity index (χ1v) is 13.3. The molecule has 1 fully saturated rings. The van der Waals surface area contributed by atoms with Crippen molar-refractivity contribution in [3.63, 3.8) is 0 Å². The Kier molecular flexibility index (Phi) is 4.05.